The lowest BCUT2D eigenvalue weighted by Gasteiger charge is -2.30. The minimum Gasteiger partial charge on any atom is -0.465 e. The molecule has 122 valence electrons. The molecule has 1 aliphatic carbocycles. The zero-order valence-corrected chi connectivity index (χ0v) is 13.0. The van der Waals surface area contributed by atoms with Crippen LogP contribution in [0, 0.1) is 5.82 Å². The first-order valence-electron chi connectivity index (χ1n) is 7.94. The maximum absolute atomic E-state index is 13.8. The summed E-state index contributed by atoms with van der Waals surface area (Å²) < 4.78 is 18.8. The van der Waals surface area contributed by atoms with Gasteiger partial charge in [0, 0.05) is 18.2 Å². The number of aliphatic hydroxyl groups excluding tert-OH is 1. The lowest BCUT2D eigenvalue weighted by atomic mass is 10.1. The van der Waals surface area contributed by atoms with Gasteiger partial charge in [-0.05, 0) is 25.8 Å². The van der Waals surface area contributed by atoms with Gasteiger partial charge in [-0.25, -0.2) is 4.39 Å². The van der Waals surface area contributed by atoms with Gasteiger partial charge in [0.05, 0.1) is 19.3 Å². The summed E-state index contributed by atoms with van der Waals surface area (Å²) in [6.07, 6.45) is 3.31. The van der Waals surface area contributed by atoms with Gasteiger partial charge in [-0.3, -0.25) is 9.69 Å². The van der Waals surface area contributed by atoms with E-state index < -0.39 is 11.9 Å². The predicted octanol–water partition coefficient (Wildman–Crippen LogP) is 2.67. The van der Waals surface area contributed by atoms with Crippen molar-refractivity contribution < 1.29 is 19.0 Å². The van der Waals surface area contributed by atoms with Crippen LogP contribution in [0.25, 0.3) is 0 Å². The van der Waals surface area contributed by atoms with Crippen LogP contribution in [0.4, 0.5) is 4.39 Å². The molecule has 0 bridgehead atoms. The topological polar surface area (TPSA) is 49.8 Å². The molecule has 0 heterocycles. The Hall–Kier alpha value is -1.46. The summed E-state index contributed by atoms with van der Waals surface area (Å²) in [5.41, 5.74) is 0.273. The van der Waals surface area contributed by atoms with Crippen LogP contribution in [0.5, 0.6) is 0 Å². The molecule has 1 N–H and O–H groups in total. The molecule has 0 radical (unpaired) electrons. The van der Waals surface area contributed by atoms with Gasteiger partial charge in [0.2, 0.25) is 0 Å². The van der Waals surface area contributed by atoms with Crippen LogP contribution in [0.1, 0.15) is 44.3 Å². The van der Waals surface area contributed by atoms with Crippen molar-refractivity contribution in [3.63, 3.8) is 0 Å². The highest BCUT2D eigenvalue weighted by atomic mass is 19.1. The molecule has 1 fully saturated rings. The van der Waals surface area contributed by atoms with E-state index in [0.717, 1.165) is 25.7 Å². The summed E-state index contributed by atoms with van der Waals surface area (Å²) in [6.45, 7) is 2.49. The normalized spacial score (nSPS) is 16.9. The van der Waals surface area contributed by atoms with Crippen molar-refractivity contribution in [3.8, 4) is 0 Å². The van der Waals surface area contributed by atoms with Crippen LogP contribution < -0.4 is 0 Å². The second-order valence-electron chi connectivity index (χ2n) is 5.71. The van der Waals surface area contributed by atoms with Crippen molar-refractivity contribution in [2.45, 2.75) is 44.8 Å². The second kappa shape index (κ2) is 8.25. The summed E-state index contributed by atoms with van der Waals surface area (Å²) in [4.78, 5) is 13.7. The largest absolute Gasteiger partial charge is 0.465 e. The maximum Gasteiger partial charge on any atom is 0.320 e. The van der Waals surface area contributed by atoms with E-state index in [2.05, 4.69) is 0 Å². The smallest absolute Gasteiger partial charge is 0.320 e. The van der Waals surface area contributed by atoms with Gasteiger partial charge in [0.1, 0.15) is 5.82 Å². The standard InChI is InChI=1S/C17H24FNO3/c1-2-22-17(21)12-19(13-7-3-4-8-13)11-16(20)14-9-5-6-10-15(14)18/h5-6,9-10,13,16,20H,2-4,7-8,11-12H2,1H3. The Bertz CT molecular complexity index is 489. The number of esters is 1. The Kier molecular flexibility index (Phi) is 6.34. The third-order valence-corrected chi connectivity index (χ3v) is 4.15. The Balaban J connectivity index is 2.04. The fraction of sp³-hybridized carbons (Fsp3) is 0.588. The van der Waals surface area contributed by atoms with Gasteiger partial charge in [-0.2, -0.15) is 0 Å². The minimum atomic E-state index is -0.948. The fourth-order valence-corrected chi connectivity index (χ4v) is 3.05. The van der Waals surface area contributed by atoms with Crippen molar-refractivity contribution >= 4 is 5.97 Å². The Morgan fingerprint density at radius 3 is 2.73 bits per heavy atom. The fourth-order valence-electron chi connectivity index (χ4n) is 3.05. The van der Waals surface area contributed by atoms with Crippen LogP contribution in [-0.2, 0) is 9.53 Å². The average molecular weight is 309 g/mol. The van der Waals surface area contributed by atoms with Gasteiger partial charge in [-0.1, -0.05) is 31.0 Å². The summed E-state index contributed by atoms with van der Waals surface area (Å²) in [5.74, 6) is -0.715. The first-order valence-corrected chi connectivity index (χ1v) is 7.94. The summed E-state index contributed by atoms with van der Waals surface area (Å²) in [7, 11) is 0. The van der Waals surface area contributed by atoms with E-state index in [0.29, 0.717) is 6.61 Å². The highest BCUT2D eigenvalue weighted by Gasteiger charge is 2.27. The molecular weight excluding hydrogens is 285 g/mol. The number of aliphatic hydroxyl groups is 1. The monoisotopic (exact) mass is 309 g/mol. The molecule has 0 aromatic heterocycles. The molecule has 1 unspecified atom stereocenters. The molecule has 1 aromatic carbocycles. The molecule has 1 saturated carbocycles. The van der Waals surface area contributed by atoms with E-state index in [1.54, 1.807) is 25.1 Å². The van der Waals surface area contributed by atoms with E-state index in [-0.39, 0.29) is 30.7 Å². The third kappa shape index (κ3) is 4.52. The molecule has 1 atom stereocenters. The summed E-state index contributed by atoms with van der Waals surface area (Å²) in [6, 6.07) is 6.47. The molecule has 2 rings (SSSR count). The maximum atomic E-state index is 13.8. The molecule has 1 aliphatic rings. The SMILES string of the molecule is CCOC(=O)CN(CC(O)c1ccccc1F)C1CCCC1. The Labute approximate surface area is 130 Å². The molecule has 0 spiro atoms. The summed E-state index contributed by atoms with van der Waals surface area (Å²) >= 11 is 0. The molecule has 0 amide bonds. The first-order chi connectivity index (χ1) is 10.6. The second-order valence-corrected chi connectivity index (χ2v) is 5.71. The van der Waals surface area contributed by atoms with E-state index in [1.165, 1.54) is 6.07 Å². The Morgan fingerprint density at radius 2 is 2.09 bits per heavy atom. The zero-order valence-electron chi connectivity index (χ0n) is 13.0. The Morgan fingerprint density at radius 1 is 1.41 bits per heavy atom. The average Bonchev–Trinajstić information content (AvgIpc) is 3.01. The van der Waals surface area contributed by atoms with Crippen LogP contribution in [0.2, 0.25) is 0 Å². The van der Waals surface area contributed by atoms with Crippen LogP contribution in [0.3, 0.4) is 0 Å². The molecule has 22 heavy (non-hydrogen) atoms. The zero-order chi connectivity index (χ0) is 15.9. The lowest BCUT2D eigenvalue weighted by Crippen LogP contribution is -2.41. The number of carbonyl (C=O) groups excluding carboxylic acids is 1. The number of halogens is 1. The van der Waals surface area contributed by atoms with Crippen molar-refractivity contribution in [2.75, 3.05) is 19.7 Å². The minimum absolute atomic E-state index is 0.143. The van der Waals surface area contributed by atoms with Gasteiger partial charge in [0.15, 0.2) is 0 Å². The molecule has 0 saturated heterocycles. The molecule has 0 aliphatic heterocycles. The number of rotatable bonds is 7. The van der Waals surface area contributed by atoms with Gasteiger partial charge in [0.25, 0.3) is 0 Å². The number of ether oxygens (including phenoxy) is 1. The lowest BCUT2D eigenvalue weighted by molar-refractivity contribution is -0.145. The number of benzene rings is 1. The van der Waals surface area contributed by atoms with Gasteiger partial charge in [-0.15, -0.1) is 0 Å². The van der Waals surface area contributed by atoms with Crippen molar-refractivity contribution in [1.82, 2.24) is 4.90 Å². The van der Waals surface area contributed by atoms with Crippen LogP contribution in [-0.4, -0.2) is 41.7 Å². The van der Waals surface area contributed by atoms with Crippen molar-refractivity contribution in [1.29, 1.82) is 0 Å². The van der Waals surface area contributed by atoms with Crippen molar-refractivity contribution in [2.24, 2.45) is 0 Å². The number of nitrogens with zero attached hydrogens (tertiary/aromatic N) is 1. The van der Waals surface area contributed by atoms with Gasteiger partial charge >= 0.3 is 5.97 Å². The van der Waals surface area contributed by atoms with Crippen molar-refractivity contribution in [3.05, 3.63) is 35.6 Å². The van der Waals surface area contributed by atoms with E-state index >= 15 is 0 Å². The van der Waals surface area contributed by atoms with Gasteiger partial charge < -0.3 is 9.84 Å². The van der Waals surface area contributed by atoms with E-state index in [1.807, 2.05) is 4.90 Å². The number of carbonyl (C=O) groups is 1. The van der Waals surface area contributed by atoms with E-state index in [9.17, 15) is 14.3 Å². The molecule has 4 nitrogen and oxygen atoms in total. The number of hydrogen-bond donors (Lipinski definition) is 1. The highest BCUT2D eigenvalue weighted by Crippen LogP contribution is 2.26. The quantitative estimate of drug-likeness (QED) is 0.787. The molecule has 1 aromatic rings. The van der Waals surface area contributed by atoms with Crippen LogP contribution in [0.15, 0.2) is 24.3 Å². The van der Waals surface area contributed by atoms with E-state index in [4.69, 9.17) is 4.74 Å². The number of hydrogen-bond acceptors (Lipinski definition) is 4. The highest BCUT2D eigenvalue weighted by molar-refractivity contribution is 5.71. The predicted molar refractivity (Wildman–Crippen MR) is 81.8 cm³/mol. The molecule has 5 heteroatoms. The third-order valence-electron chi connectivity index (χ3n) is 4.15. The van der Waals surface area contributed by atoms with Crippen LogP contribution >= 0.6 is 0 Å². The summed E-state index contributed by atoms with van der Waals surface area (Å²) in [5, 5.41) is 10.3. The molecular formula is C17H24FNO3. The first kappa shape index (κ1) is 16.9.